The molecule has 1 heterocycles. The Balaban J connectivity index is 0.00000256. The number of phosphoric acid groups is 1. The smallest absolute Gasteiger partial charge is 0.756 e. The van der Waals surface area contributed by atoms with Crippen LogP contribution in [0.4, 0.5) is 0 Å². The second-order valence-corrected chi connectivity index (χ2v) is 4.50. The molecule has 96 valence electrons. The first-order valence-corrected chi connectivity index (χ1v) is 5.78. The van der Waals surface area contributed by atoms with E-state index in [1.165, 1.54) is 0 Å². The Labute approximate surface area is 139 Å². The van der Waals surface area contributed by atoms with Crippen LogP contribution in [0.15, 0.2) is 0 Å². The summed E-state index contributed by atoms with van der Waals surface area (Å²) in [6.07, 6.45) is -8.23. The molecule has 1 fully saturated rings. The summed E-state index contributed by atoms with van der Waals surface area (Å²) in [4.78, 5) is 18.5. The van der Waals surface area contributed by atoms with Gasteiger partial charge >= 0.3 is 51.4 Å². The molecule has 0 aromatic heterocycles. The maximum atomic E-state index is 10.3. The fraction of sp³-hybridized carbons (Fsp3) is 1.00. The summed E-state index contributed by atoms with van der Waals surface area (Å²) in [6, 6.07) is 0. The monoisotopic (exact) mass is 298 g/mol. The molecule has 0 saturated carbocycles. The minimum absolute atomic E-state index is 0. The van der Waals surface area contributed by atoms with Crippen LogP contribution in [0.1, 0.15) is 0 Å². The van der Waals surface area contributed by atoms with Crippen LogP contribution in [-0.4, -0.2) is 62.6 Å². The summed E-state index contributed by atoms with van der Waals surface area (Å²) in [7, 11) is -4.98. The molecule has 17 heavy (non-hydrogen) atoms. The van der Waals surface area contributed by atoms with Crippen LogP contribution < -0.4 is 56.3 Å². The number of phosphoric ester groups is 1. The Morgan fingerprint density at radius 1 is 1.18 bits per heavy atom. The first-order chi connectivity index (χ1) is 7.22. The van der Waals surface area contributed by atoms with Crippen LogP contribution in [-0.2, 0) is 13.8 Å². The molecule has 0 amide bonds. The SMILES string of the molecule is O=P([O-])(O)OC[C@H]1OC(O)[C@H](O)[C@@H](O)[C@@H]1O.[K+]. The van der Waals surface area contributed by atoms with E-state index in [2.05, 4.69) is 9.26 Å². The number of hydrogen-bond acceptors (Lipinski definition) is 8. The van der Waals surface area contributed by atoms with E-state index in [-0.39, 0.29) is 51.4 Å². The third-order valence-corrected chi connectivity index (χ3v) is 2.56. The van der Waals surface area contributed by atoms with Crippen molar-refractivity contribution >= 4 is 7.82 Å². The van der Waals surface area contributed by atoms with Gasteiger partial charge in [-0.25, -0.2) is 0 Å². The number of hydrogen-bond donors (Lipinski definition) is 5. The molecule has 6 atom stereocenters. The minimum Gasteiger partial charge on any atom is -0.756 e. The summed E-state index contributed by atoms with van der Waals surface area (Å²) in [5.41, 5.74) is 0. The van der Waals surface area contributed by atoms with Crippen molar-refractivity contribution < 1.29 is 95.4 Å². The second kappa shape index (κ2) is 7.36. The molecule has 11 heteroatoms. The molecular weight excluding hydrogens is 286 g/mol. The van der Waals surface area contributed by atoms with Gasteiger partial charge in [0.05, 0.1) is 6.61 Å². The number of aliphatic hydroxyl groups is 4. The van der Waals surface area contributed by atoms with Crippen molar-refractivity contribution in [1.82, 2.24) is 0 Å². The fourth-order valence-corrected chi connectivity index (χ4v) is 1.57. The van der Waals surface area contributed by atoms with Gasteiger partial charge in [0.15, 0.2) is 6.29 Å². The Bertz CT molecular complexity index is 283. The van der Waals surface area contributed by atoms with E-state index in [0.29, 0.717) is 0 Å². The van der Waals surface area contributed by atoms with E-state index >= 15 is 0 Å². The van der Waals surface area contributed by atoms with Crippen LogP contribution in [0, 0.1) is 0 Å². The van der Waals surface area contributed by atoms with E-state index in [1.807, 2.05) is 0 Å². The number of ether oxygens (including phenoxy) is 1. The second-order valence-electron chi connectivity index (χ2n) is 3.30. The van der Waals surface area contributed by atoms with Gasteiger partial charge in [-0.2, -0.15) is 0 Å². The Hall–Kier alpha value is 1.55. The van der Waals surface area contributed by atoms with Gasteiger partial charge in [-0.05, 0) is 0 Å². The van der Waals surface area contributed by atoms with Gasteiger partial charge in [0, 0.05) is 0 Å². The first kappa shape index (κ1) is 18.5. The van der Waals surface area contributed by atoms with Gasteiger partial charge in [-0.3, -0.25) is 4.57 Å². The zero-order valence-electron chi connectivity index (χ0n) is 8.91. The molecule has 1 saturated heterocycles. The summed E-state index contributed by atoms with van der Waals surface area (Å²) >= 11 is 0. The van der Waals surface area contributed by atoms with Crippen LogP contribution >= 0.6 is 7.82 Å². The Morgan fingerprint density at radius 2 is 1.71 bits per heavy atom. The molecular formula is C6H12KO9P. The molecule has 0 aromatic rings. The molecule has 5 N–H and O–H groups in total. The molecule has 1 aliphatic heterocycles. The van der Waals surface area contributed by atoms with Crippen LogP contribution in [0.3, 0.4) is 0 Å². The van der Waals surface area contributed by atoms with Crippen LogP contribution in [0.25, 0.3) is 0 Å². The van der Waals surface area contributed by atoms with Crippen molar-refractivity contribution in [2.45, 2.75) is 30.7 Å². The summed E-state index contributed by atoms with van der Waals surface area (Å²) in [5.74, 6) is 0. The van der Waals surface area contributed by atoms with E-state index in [9.17, 15) is 19.7 Å². The van der Waals surface area contributed by atoms with Crippen molar-refractivity contribution in [2.24, 2.45) is 0 Å². The third-order valence-electron chi connectivity index (χ3n) is 2.09. The minimum atomic E-state index is -4.98. The quantitative estimate of drug-likeness (QED) is 0.252. The molecule has 0 aromatic carbocycles. The third kappa shape index (κ3) is 5.59. The van der Waals surface area contributed by atoms with Gasteiger partial charge in [0.25, 0.3) is 7.82 Å². The van der Waals surface area contributed by atoms with Gasteiger partial charge in [-0.1, -0.05) is 0 Å². The summed E-state index contributed by atoms with van der Waals surface area (Å²) in [5, 5.41) is 36.7. The molecule has 0 spiro atoms. The average Bonchev–Trinajstić information content (AvgIpc) is 2.17. The largest absolute Gasteiger partial charge is 1.00 e. The molecule has 9 nitrogen and oxygen atoms in total. The molecule has 0 aliphatic carbocycles. The van der Waals surface area contributed by atoms with Crippen molar-refractivity contribution in [1.29, 1.82) is 0 Å². The van der Waals surface area contributed by atoms with Crippen molar-refractivity contribution in [3.63, 3.8) is 0 Å². The van der Waals surface area contributed by atoms with Crippen LogP contribution in [0.2, 0.25) is 0 Å². The first-order valence-electron chi connectivity index (χ1n) is 4.28. The van der Waals surface area contributed by atoms with Gasteiger partial charge < -0.3 is 39.5 Å². The topological polar surface area (TPSA) is 160 Å². The van der Waals surface area contributed by atoms with Crippen molar-refractivity contribution in [3.05, 3.63) is 0 Å². The van der Waals surface area contributed by atoms with E-state index < -0.39 is 45.1 Å². The maximum Gasteiger partial charge on any atom is 1.00 e. The average molecular weight is 298 g/mol. The molecule has 1 aliphatic rings. The van der Waals surface area contributed by atoms with E-state index in [4.69, 9.17) is 15.1 Å². The van der Waals surface area contributed by atoms with Gasteiger partial charge in [0.1, 0.15) is 24.4 Å². The normalized spacial score (nSPS) is 41.4. The summed E-state index contributed by atoms with van der Waals surface area (Å²) in [6.45, 7) is -0.792. The zero-order chi connectivity index (χ0) is 12.5. The van der Waals surface area contributed by atoms with Gasteiger partial charge in [-0.15, -0.1) is 0 Å². The maximum absolute atomic E-state index is 10.3. The predicted molar refractivity (Wildman–Crippen MR) is 44.7 cm³/mol. The number of rotatable bonds is 3. The van der Waals surface area contributed by atoms with Crippen molar-refractivity contribution in [3.8, 4) is 0 Å². The standard InChI is InChI=1S/C6H13O9P.K/c7-3-2(1-14-16(11,12)13)15-6(10)5(9)4(3)8;/h2-10H,1H2,(H2,11,12,13);/q;+1/p-1/t2-,3-,4+,5-,6?;/m1./s1. The molecule has 1 rings (SSSR count). The molecule has 2 unspecified atom stereocenters. The molecule has 0 bridgehead atoms. The van der Waals surface area contributed by atoms with Crippen LogP contribution in [0.5, 0.6) is 0 Å². The Morgan fingerprint density at radius 3 is 2.18 bits per heavy atom. The van der Waals surface area contributed by atoms with E-state index in [0.717, 1.165) is 0 Å². The van der Waals surface area contributed by atoms with E-state index in [1.54, 1.807) is 0 Å². The van der Waals surface area contributed by atoms with Gasteiger partial charge in [0.2, 0.25) is 0 Å². The Kier molecular flexibility index (Phi) is 8.03. The fourth-order valence-electron chi connectivity index (χ4n) is 1.24. The predicted octanol–water partition coefficient (Wildman–Crippen LogP) is -6.73. The molecule has 0 radical (unpaired) electrons. The van der Waals surface area contributed by atoms with Crippen molar-refractivity contribution in [2.75, 3.05) is 6.61 Å². The number of aliphatic hydroxyl groups excluding tert-OH is 4. The summed E-state index contributed by atoms with van der Waals surface area (Å²) < 4.78 is 18.8. The zero-order valence-corrected chi connectivity index (χ0v) is 12.9.